The van der Waals surface area contributed by atoms with Gasteiger partial charge in [-0.25, -0.2) is 9.78 Å². The zero-order chi connectivity index (χ0) is 18.3. The van der Waals surface area contributed by atoms with Crippen molar-refractivity contribution in [3.63, 3.8) is 0 Å². The summed E-state index contributed by atoms with van der Waals surface area (Å²) in [6.07, 6.45) is 0. The van der Waals surface area contributed by atoms with Crippen LogP contribution < -0.4 is 5.69 Å². The third-order valence-electron chi connectivity index (χ3n) is 3.89. The van der Waals surface area contributed by atoms with E-state index in [4.69, 9.17) is 23.8 Å². The number of thioether (sulfide) groups is 1. The van der Waals surface area contributed by atoms with Crippen LogP contribution in [0.5, 0.6) is 0 Å². The third kappa shape index (κ3) is 3.29. The lowest BCUT2D eigenvalue weighted by atomic mass is 10.1. The van der Waals surface area contributed by atoms with Crippen LogP contribution in [-0.2, 0) is 14.1 Å². The first kappa shape index (κ1) is 17.9. The topological polar surface area (TPSA) is 72.7 Å². The van der Waals surface area contributed by atoms with Gasteiger partial charge in [0.2, 0.25) is 0 Å². The summed E-state index contributed by atoms with van der Waals surface area (Å²) in [5.41, 5.74) is 2.31. The van der Waals surface area contributed by atoms with Crippen LogP contribution in [0.2, 0.25) is 5.02 Å². The van der Waals surface area contributed by atoms with E-state index in [2.05, 4.69) is 9.97 Å². The van der Waals surface area contributed by atoms with E-state index in [0.29, 0.717) is 31.5 Å². The number of imidazole rings is 1. The molecule has 9 heteroatoms. The van der Waals surface area contributed by atoms with Gasteiger partial charge in [-0.1, -0.05) is 35.6 Å². The monoisotopic (exact) mass is 394 g/mol. The van der Waals surface area contributed by atoms with E-state index in [0.717, 1.165) is 5.56 Å². The summed E-state index contributed by atoms with van der Waals surface area (Å²) in [5.74, 6) is 0.191. The number of nitrogens with one attached hydrogen (secondary N) is 1. The van der Waals surface area contributed by atoms with Crippen LogP contribution in [0.4, 0.5) is 0 Å². The van der Waals surface area contributed by atoms with Gasteiger partial charge < -0.3 is 4.98 Å². The lowest BCUT2D eigenvalue weighted by Crippen LogP contribution is -2.27. The van der Waals surface area contributed by atoms with E-state index in [1.165, 1.54) is 20.9 Å². The van der Waals surface area contributed by atoms with Crippen molar-refractivity contribution in [1.82, 2.24) is 19.1 Å². The van der Waals surface area contributed by atoms with Gasteiger partial charge in [0.05, 0.1) is 5.75 Å². The van der Waals surface area contributed by atoms with E-state index in [9.17, 15) is 9.59 Å². The summed E-state index contributed by atoms with van der Waals surface area (Å²) in [5, 5.41) is 1.18. The standard InChI is InChI=1S/C16H15ClN4O2S2/c1-8-6-9(4-5-10(8)17)11(22)7-25-15-18-12-13(19-15)20(2)16(23)21(3)14(12)24/h4-6H,7H2,1-3H3,(H,18,19). The fourth-order valence-electron chi connectivity index (χ4n) is 2.41. The molecule has 0 unspecified atom stereocenters. The minimum Gasteiger partial charge on any atom is -0.329 e. The summed E-state index contributed by atoms with van der Waals surface area (Å²) in [6, 6.07) is 5.20. The number of rotatable bonds is 4. The number of hydrogen-bond donors (Lipinski definition) is 1. The first-order valence-corrected chi connectivity index (χ1v) is 9.14. The Morgan fingerprint density at radius 2 is 2.08 bits per heavy atom. The van der Waals surface area contributed by atoms with Gasteiger partial charge in [-0.3, -0.25) is 13.9 Å². The molecule has 1 N–H and O–H groups in total. The Labute approximate surface area is 157 Å². The molecule has 0 fully saturated rings. The molecule has 0 aliphatic carbocycles. The van der Waals surface area contributed by atoms with Gasteiger partial charge in [0.1, 0.15) is 10.2 Å². The molecule has 6 nitrogen and oxygen atoms in total. The molecule has 0 saturated carbocycles. The smallest absolute Gasteiger partial charge is 0.329 e. The van der Waals surface area contributed by atoms with Crippen molar-refractivity contribution in [2.24, 2.45) is 14.1 Å². The highest BCUT2D eigenvalue weighted by Gasteiger charge is 2.14. The molecular weight excluding hydrogens is 380 g/mol. The molecule has 2 heterocycles. The second-order valence-electron chi connectivity index (χ2n) is 5.62. The van der Waals surface area contributed by atoms with Gasteiger partial charge in [0.15, 0.2) is 16.6 Å². The number of aromatic nitrogens is 4. The Hall–Kier alpha value is -1.90. The number of Topliss-reactive ketones (excluding diaryl/α,β-unsaturated/α-hetero) is 1. The Morgan fingerprint density at radius 1 is 1.36 bits per heavy atom. The van der Waals surface area contributed by atoms with Crippen LogP contribution in [0.3, 0.4) is 0 Å². The average molecular weight is 395 g/mol. The van der Waals surface area contributed by atoms with Gasteiger partial charge in [-0.2, -0.15) is 0 Å². The molecule has 0 radical (unpaired) electrons. The Balaban J connectivity index is 1.86. The molecule has 0 aliphatic rings. The minimum atomic E-state index is -0.242. The van der Waals surface area contributed by atoms with Crippen LogP contribution in [0.15, 0.2) is 28.2 Å². The van der Waals surface area contributed by atoms with Crippen LogP contribution in [0, 0.1) is 11.6 Å². The summed E-state index contributed by atoms with van der Waals surface area (Å²) in [4.78, 5) is 31.9. The number of fused-ring (bicyclic) bond motifs is 1. The number of benzene rings is 1. The molecule has 3 aromatic rings. The van der Waals surface area contributed by atoms with Crippen molar-refractivity contribution in [3.8, 4) is 0 Å². The number of ketones is 1. The summed E-state index contributed by atoms with van der Waals surface area (Å²) in [7, 11) is 3.25. The highest BCUT2D eigenvalue weighted by molar-refractivity contribution is 7.99. The van der Waals surface area contributed by atoms with Gasteiger partial charge in [-0.05, 0) is 30.7 Å². The highest BCUT2D eigenvalue weighted by atomic mass is 35.5. The van der Waals surface area contributed by atoms with E-state index >= 15 is 0 Å². The predicted molar refractivity (Wildman–Crippen MR) is 102 cm³/mol. The Bertz CT molecular complexity index is 1110. The van der Waals surface area contributed by atoms with Gasteiger partial charge in [0, 0.05) is 24.7 Å². The normalized spacial score (nSPS) is 11.2. The van der Waals surface area contributed by atoms with E-state index in [-0.39, 0.29) is 17.2 Å². The zero-order valence-electron chi connectivity index (χ0n) is 13.8. The van der Waals surface area contributed by atoms with Gasteiger partial charge in [-0.15, -0.1) is 0 Å². The Kier molecular flexibility index (Phi) is 4.86. The van der Waals surface area contributed by atoms with Crippen LogP contribution in [0.1, 0.15) is 15.9 Å². The molecule has 1 aromatic carbocycles. The predicted octanol–water partition coefficient (Wildman–Crippen LogP) is 3.27. The fourth-order valence-corrected chi connectivity index (χ4v) is 3.51. The van der Waals surface area contributed by atoms with E-state index < -0.39 is 0 Å². The number of carbonyl (C=O) groups is 1. The SMILES string of the molecule is Cc1cc(C(=O)CSc2nc3c([nH]2)c(=S)n(C)c(=O)n3C)ccc1Cl. The summed E-state index contributed by atoms with van der Waals surface area (Å²) >= 11 is 12.5. The molecule has 0 saturated heterocycles. The molecule has 130 valence electrons. The van der Waals surface area contributed by atoms with Crippen molar-refractivity contribution < 1.29 is 4.79 Å². The maximum Gasteiger partial charge on any atom is 0.330 e. The third-order valence-corrected chi connectivity index (χ3v) is 5.67. The second kappa shape index (κ2) is 6.78. The lowest BCUT2D eigenvalue weighted by molar-refractivity contribution is 0.102. The van der Waals surface area contributed by atoms with Crippen molar-refractivity contribution in [2.45, 2.75) is 12.1 Å². The lowest BCUT2D eigenvalue weighted by Gasteiger charge is -2.02. The number of halogens is 1. The van der Waals surface area contributed by atoms with Crippen LogP contribution in [0.25, 0.3) is 11.2 Å². The molecule has 0 aliphatic heterocycles. The molecule has 0 amide bonds. The number of aromatic amines is 1. The van der Waals surface area contributed by atoms with Crippen LogP contribution in [-0.4, -0.2) is 30.6 Å². The number of carbonyl (C=O) groups excluding carboxylic acids is 1. The molecule has 0 atom stereocenters. The first-order valence-electron chi connectivity index (χ1n) is 7.37. The van der Waals surface area contributed by atoms with Crippen LogP contribution >= 0.6 is 35.6 Å². The largest absolute Gasteiger partial charge is 0.330 e. The quantitative estimate of drug-likeness (QED) is 0.417. The molecule has 3 rings (SSSR count). The van der Waals surface area contributed by atoms with Crippen molar-refractivity contribution in [1.29, 1.82) is 0 Å². The second-order valence-corrected chi connectivity index (χ2v) is 7.38. The van der Waals surface area contributed by atoms with E-state index in [1.807, 2.05) is 6.92 Å². The van der Waals surface area contributed by atoms with Gasteiger partial charge >= 0.3 is 5.69 Å². The average Bonchev–Trinajstić information content (AvgIpc) is 3.03. The highest BCUT2D eigenvalue weighted by Crippen LogP contribution is 2.22. The zero-order valence-corrected chi connectivity index (χ0v) is 16.2. The van der Waals surface area contributed by atoms with Gasteiger partial charge in [0.25, 0.3) is 0 Å². The molecule has 0 spiro atoms. The molecule has 2 aromatic heterocycles. The number of H-pyrrole nitrogens is 1. The maximum absolute atomic E-state index is 12.4. The number of hydrogen-bond acceptors (Lipinski definition) is 5. The summed E-state index contributed by atoms with van der Waals surface area (Å²) < 4.78 is 3.19. The Morgan fingerprint density at radius 3 is 2.76 bits per heavy atom. The molecule has 0 bridgehead atoms. The minimum absolute atomic E-state index is 0.0248. The van der Waals surface area contributed by atoms with E-state index in [1.54, 1.807) is 32.3 Å². The maximum atomic E-state index is 12.4. The number of aryl methyl sites for hydroxylation is 2. The fraction of sp³-hybridized carbons (Fsp3) is 0.250. The molecule has 25 heavy (non-hydrogen) atoms. The van der Waals surface area contributed by atoms with Crippen molar-refractivity contribution >= 4 is 52.5 Å². The molecular formula is C16H15ClN4O2S2. The first-order chi connectivity index (χ1) is 11.8. The number of nitrogens with zero attached hydrogens (tertiary/aromatic N) is 3. The summed E-state index contributed by atoms with van der Waals surface area (Å²) in [6.45, 7) is 1.86. The van der Waals surface area contributed by atoms with Crippen molar-refractivity contribution in [2.75, 3.05) is 5.75 Å². The van der Waals surface area contributed by atoms with Crippen molar-refractivity contribution in [3.05, 3.63) is 49.5 Å².